The molecule has 1 fully saturated rings. The minimum atomic E-state index is -2.81. The summed E-state index contributed by atoms with van der Waals surface area (Å²) < 4.78 is 7.46. The molecule has 3 atom stereocenters. The van der Waals surface area contributed by atoms with Crippen LogP contribution in [0.4, 0.5) is 0 Å². The van der Waals surface area contributed by atoms with Gasteiger partial charge >= 0.3 is 0 Å². The lowest BCUT2D eigenvalue weighted by molar-refractivity contribution is 0.118. The summed E-state index contributed by atoms with van der Waals surface area (Å²) in [5, 5.41) is 40.3. The zero-order valence-electron chi connectivity index (χ0n) is 21.8. The summed E-state index contributed by atoms with van der Waals surface area (Å²) in [6, 6.07) is 19.2. The van der Waals surface area contributed by atoms with Crippen LogP contribution in [0.2, 0.25) is 16.1 Å². The van der Waals surface area contributed by atoms with Crippen LogP contribution < -0.4 is 0 Å². The molecule has 0 spiro atoms. The van der Waals surface area contributed by atoms with Crippen molar-refractivity contribution < 1.29 is 4.43 Å². The highest BCUT2D eigenvalue weighted by molar-refractivity contribution is 6.79. The highest BCUT2D eigenvalue weighted by atomic mass is 28.4. The van der Waals surface area contributed by atoms with Crippen LogP contribution in [0.3, 0.4) is 0 Å². The number of hydrogen-bond donors (Lipinski definition) is 0. The Morgan fingerprint density at radius 2 is 1.49 bits per heavy atom. The van der Waals surface area contributed by atoms with Crippen molar-refractivity contribution in [1.29, 1.82) is 21.0 Å². The maximum atomic E-state index is 10.5. The SMILES string of the molecule is CC(C)(C)[Si]1(C(C)(C)C)C[C@H](C(C#N)(C#N)C(C#N)C#N)C2=CCCC[C@@H]2[C@@H](c2ccccc2)O1. The first kappa shape index (κ1) is 26.7. The van der Waals surface area contributed by atoms with Crippen molar-refractivity contribution in [2.75, 3.05) is 0 Å². The fourth-order valence-corrected chi connectivity index (χ4v) is 12.7. The third-order valence-electron chi connectivity index (χ3n) is 8.30. The van der Waals surface area contributed by atoms with E-state index in [0.29, 0.717) is 6.04 Å². The smallest absolute Gasteiger partial charge is 0.204 e. The molecule has 1 aromatic carbocycles. The third-order valence-corrected chi connectivity index (χ3v) is 14.8. The van der Waals surface area contributed by atoms with Gasteiger partial charge in [0, 0.05) is 11.8 Å². The van der Waals surface area contributed by atoms with E-state index in [-0.39, 0.29) is 22.1 Å². The molecule has 1 heterocycles. The van der Waals surface area contributed by atoms with Gasteiger partial charge in [0.25, 0.3) is 0 Å². The van der Waals surface area contributed by atoms with Gasteiger partial charge in [-0.05, 0) is 40.9 Å². The summed E-state index contributed by atoms with van der Waals surface area (Å²) in [5.74, 6) is -1.88. The van der Waals surface area contributed by atoms with Crippen molar-refractivity contribution in [1.82, 2.24) is 0 Å². The van der Waals surface area contributed by atoms with Gasteiger partial charge < -0.3 is 4.43 Å². The molecule has 1 saturated heterocycles. The maximum Gasteiger partial charge on any atom is 0.204 e. The van der Waals surface area contributed by atoms with E-state index >= 15 is 0 Å². The molecule has 1 aromatic rings. The predicted molar refractivity (Wildman–Crippen MR) is 138 cm³/mol. The lowest BCUT2D eigenvalue weighted by atomic mass is 9.63. The van der Waals surface area contributed by atoms with Crippen LogP contribution in [-0.2, 0) is 4.43 Å². The molecule has 3 rings (SSSR count). The summed E-state index contributed by atoms with van der Waals surface area (Å²) in [4.78, 5) is 0. The van der Waals surface area contributed by atoms with Crippen LogP contribution in [0, 0.1) is 68.5 Å². The molecule has 0 radical (unpaired) electrons. The molecular weight excluding hydrogens is 448 g/mol. The lowest BCUT2D eigenvalue weighted by Crippen LogP contribution is -2.56. The van der Waals surface area contributed by atoms with E-state index in [1.165, 1.54) is 0 Å². The number of rotatable bonds is 3. The Kier molecular flexibility index (Phi) is 7.34. The highest BCUT2D eigenvalue weighted by Crippen LogP contribution is 2.64. The molecule has 35 heavy (non-hydrogen) atoms. The average Bonchev–Trinajstić information content (AvgIpc) is 2.99. The quantitative estimate of drug-likeness (QED) is 0.329. The highest BCUT2D eigenvalue weighted by Gasteiger charge is 2.64. The van der Waals surface area contributed by atoms with E-state index in [2.05, 4.69) is 71.9 Å². The van der Waals surface area contributed by atoms with Gasteiger partial charge in [-0.2, -0.15) is 21.0 Å². The van der Waals surface area contributed by atoms with E-state index in [4.69, 9.17) is 4.43 Å². The molecule has 0 N–H and O–H groups in total. The molecule has 5 nitrogen and oxygen atoms in total. The van der Waals surface area contributed by atoms with Crippen LogP contribution in [0.15, 0.2) is 42.0 Å². The maximum absolute atomic E-state index is 10.5. The Balaban J connectivity index is 2.41. The van der Waals surface area contributed by atoms with Crippen molar-refractivity contribution in [2.45, 2.75) is 83.0 Å². The molecule has 0 unspecified atom stereocenters. The van der Waals surface area contributed by atoms with Crippen molar-refractivity contribution in [3.63, 3.8) is 0 Å². The first-order valence-corrected chi connectivity index (χ1v) is 14.6. The van der Waals surface area contributed by atoms with Gasteiger partial charge in [0.1, 0.15) is 0 Å². The van der Waals surface area contributed by atoms with Gasteiger partial charge in [0.05, 0.1) is 30.4 Å². The minimum absolute atomic E-state index is 0.00524. The largest absolute Gasteiger partial charge is 0.408 e. The zero-order valence-corrected chi connectivity index (χ0v) is 22.8. The Labute approximate surface area is 211 Å². The fourth-order valence-electron chi connectivity index (χ4n) is 6.61. The fraction of sp³-hybridized carbons (Fsp3) is 0.586. The van der Waals surface area contributed by atoms with Gasteiger partial charge in [-0.25, -0.2) is 0 Å². The summed E-state index contributed by atoms with van der Waals surface area (Å²) in [6.45, 7) is 13.2. The number of nitriles is 4. The Morgan fingerprint density at radius 3 is 1.97 bits per heavy atom. The summed E-state index contributed by atoms with van der Waals surface area (Å²) in [5.41, 5.74) is 0.383. The molecule has 1 aliphatic carbocycles. The van der Waals surface area contributed by atoms with Crippen molar-refractivity contribution in [3.8, 4) is 24.3 Å². The van der Waals surface area contributed by atoms with Crippen LogP contribution >= 0.6 is 0 Å². The molecule has 0 bridgehead atoms. The normalized spacial score (nSPS) is 24.5. The molecule has 0 aromatic heterocycles. The molecule has 0 saturated carbocycles. The Bertz CT molecular complexity index is 1090. The van der Waals surface area contributed by atoms with E-state index in [9.17, 15) is 21.0 Å². The van der Waals surface area contributed by atoms with E-state index in [1.807, 2.05) is 30.3 Å². The molecular formula is C29H36N4OSi. The van der Waals surface area contributed by atoms with Crippen LogP contribution in [0.1, 0.15) is 72.5 Å². The number of allylic oxidation sites excluding steroid dienone is 1. The second-order valence-electron chi connectivity index (χ2n) is 12.1. The minimum Gasteiger partial charge on any atom is -0.408 e. The molecule has 0 amide bonds. The van der Waals surface area contributed by atoms with Gasteiger partial charge in [-0.1, -0.05) is 83.5 Å². The van der Waals surface area contributed by atoms with Gasteiger partial charge in [0.15, 0.2) is 11.3 Å². The van der Waals surface area contributed by atoms with Gasteiger partial charge in [0.2, 0.25) is 8.32 Å². The topological polar surface area (TPSA) is 104 Å². The third kappa shape index (κ3) is 4.32. The van der Waals surface area contributed by atoms with E-state index in [0.717, 1.165) is 30.4 Å². The van der Waals surface area contributed by atoms with E-state index < -0.39 is 25.6 Å². The van der Waals surface area contributed by atoms with Crippen LogP contribution in [0.5, 0.6) is 0 Å². The summed E-state index contributed by atoms with van der Waals surface area (Å²) >= 11 is 0. The summed E-state index contributed by atoms with van der Waals surface area (Å²) in [6.07, 6.45) is 4.73. The van der Waals surface area contributed by atoms with Crippen LogP contribution in [0.25, 0.3) is 0 Å². The first-order chi connectivity index (χ1) is 16.4. The van der Waals surface area contributed by atoms with E-state index in [1.54, 1.807) is 0 Å². The first-order valence-electron chi connectivity index (χ1n) is 12.5. The number of hydrogen-bond acceptors (Lipinski definition) is 5. The van der Waals surface area contributed by atoms with Crippen molar-refractivity contribution in [2.24, 2.45) is 23.2 Å². The van der Waals surface area contributed by atoms with Crippen LogP contribution in [-0.4, -0.2) is 8.32 Å². The second-order valence-corrected chi connectivity index (χ2v) is 17.4. The molecule has 2 aliphatic rings. The predicted octanol–water partition coefficient (Wildman–Crippen LogP) is 7.34. The van der Waals surface area contributed by atoms with Crippen molar-refractivity contribution in [3.05, 3.63) is 47.5 Å². The average molecular weight is 485 g/mol. The Morgan fingerprint density at radius 1 is 0.914 bits per heavy atom. The standard InChI is InChI=1S/C29H36N4OSi/c1-27(2,3)35(28(4,5)6)18-25(29(19-32,20-33)22(16-30)17-31)23-14-10-11-15-24(23)26(34-35)21-12-8-7-9-13-21/h7-9,12-14,22,24-26H,10-11,15,18H2,1-6H3/t24-,25-,26+/m0/s1. The Hall–Kier alpha value is -2.90. The molecule has 6 heteroatoms. The zero-order chi connectivity index (χ0) is 26.1. The second kappa shape index (κ2) is 9.63. The number of benzene rings is 1. The number of nitrogens with zero attached hydrogens (tertiary/aromatic N) is 4. The van der Waals surface area contributed by atoms with Gasteiger partial charge in [-0.15, -0.1) is 0 Å². The summed E-state index contributed by atoms with van der Waals surface area (Å²) in [7, 11) is -2.81. The van der Waals surface area contributed by atoms with Crippen molar-refractivity contribution >= 4 is 8.32 Å². The molecule has 1 aliphatic heterocycles. The molecule has 182 valence electrons. The number of fused-ring (bicyclic) bond motifs is 1. The lowest BCUT2D eigenvalue weighted by Gasteiger charge is -2.53. The van der Waals surface area contributed by atoms with Gasteiger partial charge in [-0.3, -0.25) is 0 Å². The monoisotopic (exact) mass is 484 g/mol.